The zero-order valence-corrected chi connectivity index (χ0v) is 11.4. The van der Waals surface area contributed by atoms with Crippen molar-refractivity contribution in [1.29, 1.82) is 0 Å². The zero-order valence-electron chi connectivity index (χ0n) is 11.4. The molecule has 108 valence electrons. The molecule has 0 fully saturated rings. The van der Waals surface area contributed by atoms with Crippen molar-refractivity contribution in [3.63, 3.8) is 0 Å². The molecule has 0 atom stereocenters. The standard InChI is InChI=1S/C14H14N4O3/c1-9-6-12(4-5-13(9)18(20)21)17-14(19)7-11-3-2-10(15)8-16-11/h2-6,8H,7,15H2,1H3,(H,17,19). The molecule has 7 heteroatoms. The molecule has 0 saturated heterocycles. The minimum Gasteiger partial charge on any atom is -0.397 e. The van der Waals surface area contributed by atoms with Gasteiger partial charge < -0.3 is 11.1 Å². The summed E-state index contributed by atoms with van der Waals surface area (Å²) in [7, 11) is 0. The number of nitrogen functional groups attached to an aromatic ring is 1. The molecule has 0 bridgehead atoms. The number of aromatic nitrogens is 1. The molecule has 7 nitrogen and oxygen atoms in total. The summed E-state index contributed by atoms with van der Waals surface area (Å²) in [6.07, 6.45) is 1.59. The third-order valence-corrected chi connectivity index (χ3v) is 2.87. The van der Waals surface area contributed by atoms with E-state index in [1.165, 1.54) is 18.3 Å². The molecule has 1 amide bonds. The average Bonchev–Trinajstić information content (AvgIpc) is 2.41. The molecule has 1 aromatic carbocycles. The Balaban J connectivity index is 2.04. The lowest BCUT2D eigenvalue weighted by Gasteiger charge is -2.06. The van der Waals surface area contributed by atoms with Crippen molar-refractivity contribution >= 4 is 23.0 Å². The van der Waals surface area contributed by atoms with E-state index in [0.29, 0.717) is 22.6 Å². The number of nitrogens with zero attached hydrogens (tertiary/aromatic N) is 2. The van der Waals surface area contributed by atoms with Crippen molar-refractivity contribution < 1.29 is 9.72 Å². The van der Waals surface area contributed by atoms with Crippen molar-refractivity contribution in [2.24, 2.45) is 0 Å². The second-order valence-electron chi connectivity index (χ2n) is 4.57. The highest BCUT2D eigenvalue weighted by Gasteiger charge is 2.11. The number of nitro groups is 1. The van der Waals surface area contributed by atoms with Crippen LogP contribution in [0.2, 0.25) is 0 Å². The molecule has 1 aromatic heterocycles. The lowest BCUT2D eigenvalue weighted by Crippen LogP contribution is -2.15. The van der Waals surface area contributed by atoms with Gasteiger partial charge in [0.05, 0.1) is 23.2 Å². The van der Waals surface area contributed by atoms with Crippen LogP contribution in [0.4, 0.5) is 17.1 Å². The Hall–Kier alpha value is -2.96. The number of hydrogen-bond donors (Lipinski definition) is 2. The summed E-state index contributed by atoms with van der Waals surface area (Å²) in [5.41, 5.74) is 7.67. The number of amides is 1. The lowest BCUT2D eigenvalue weighted by molar-refractivity contribution is -0.385. The van der Waals surface area contributed by atoms with Crippen LogP contribution in [0.25, 0.3) is 0 Å². The summed E-state index contributed by atoms with van der Waals surface area (Å²) in [4.78, 5) is 26.2. The molecule has 3 N–H and O–H groups in total. The van der Waals surface area contributed by atoms with Gasteiger partial charge in [0.15, 0.2) is 0 Å². The highest BCUT2D eigenvalue weighted by atomic mass is 16.6. The Bertz CT molecular complexity index is 683. The smallest absolute Gasteiger partial charge is 0.272 e. The van der Waals surface area contributed by atoms with Gasteiger partial charge in [0.25, 0.3) is 5.69 Å². The van der Waals surface area contributed by atoms with Crippen LogP contribution >= 0.6 is 0 Å². The first-order valence-corrected chi connectivity index (χ1v) is 6.21. The Labute approximate surface area is 121 Å². The van der Waals surface area contributed by atoms with Crippen molar-refractivity contribution in [1.82, 2.24) is 4.98 Å². The van der Waals surface area contributed by atoms with Crippen LogP contribution < -0.4 is 11.1 Å². The number of nitrogens with two attached hydrogens (primary N) is 1. The minimum absolute atomic E-state index is 0.0215. The van der Waals surface area contributed by atoms with Crippen molar-refractivity contribution in [2.45, 2.75) is 13.3 Å². The van der Waals surface area contributed by atoms with Gasteiger partial charge in [-0.3, -0.25) is 19.9 Å². The van der Waals surface area contributed by atoms with E-state index in [0.717, 1.165) is 0 Å². The molecule has 1 heterocycles. The highest BCUT2D eigenvalue weighted by molar-refractivity contribution is 5.92. The molecule has 2 aromatic rings. The van der Waals surface area contributed by atoms with Crippen molar-refractivity contribution in [3.05, 3.63) is 57.9 Å². The van der Waals surface area contributed by atoms with Gasteiger partial charge in [-0.15, -0.1) is 0 Å². The van der Waals surface area contributed by atoms with E-state index < -0.39 is 4.92 Å². The molecule has 0 spiro atoms. The first-order chi connectivity index (χ1) is 9.95. The normalized spacial score (nSPS) is 10.1. The summed E-state index contributed by atoms with van der Waals surface area (Å²) in [6, 6.07) is 7.78. The Morgan fingerprint density at radius 3 is 2.71 bits per heavy atom. The van der Waals surface area contributed by atoms with Crippen LogP contribution in [0, 0.1) is 17.0 Å². The third kappa shape index (κ3) is 3.75. The minimum atomic E-state index is -0.459. The van der Waals surface area contributed by atoms with E-state index in [9.17, 15) is 14.9 Å². The van der Waals surface area contributed by atoms with Gasteiger partial charge in [-0.1, -0.05) is 0 Å². The van der Waals surface area contributed by atoms with E-state index in [1.54, 1.807) is 25.1 Å². The van der Waals surface area contributed by atoms with Crippen LogP contribution in [-0.2, 0) is 11.2 Å². The second kappa shape index (κ2) is 6.00. The fourth-order valence-electron chi connectivity index (χ4n) is 1.85. The Morgan fingerprint density at radius 2 is 2.14 bits per heavy atom. The number of pyridine rings is 1. The molecule has 0 aliphatic carbocycles. The van der Waals surface area contributed by atoms with Gasteiger partial charge in [0, 0.05) is 23.0 Å². The average molecular weight is 286 g/mol. The van der Waals surface area contributed by atoms with E-state index in [-0.39, 0.29) is 18.0 Å². The Morgan fingerprint density at radius 1 is 1.38 bits per heavy atom. The molecule has 0 radical (unpaired) electrons. The number of nitro benzene ring substituents is 1. The van der Waals surface area contributed by atoms with Crippen LogP contribution in [0.5, 0.6) is 0 Å². The quantitative estimate of drug-likeness (QED) is 0.660. The summed E-state index contributed by atoms with van der Waals surface area (Å²) < 4.78 is 0. The third-order valence-electron chi connectivity index (χ3n) is 2.87. The molecule has 21 heavy (non-hydrogen) atoms. The fourth-order valence-corrected chi connectivity index (χ4v) is 1.85. The number of anilines is 2. The first-order valence-electron chi connectivity index (χ1n) is 6.21. The fraction of sp³-hybridized carbons (Fsp3) is 0.143. The van der Waals surface area contributed by atoms with E-state index in [1.807, 2.05) is 0 Å². The maximum Gasteiger partial charge on any atom is 0.272 e. The Kier molecular flexibility index (Phi) is 4.13. The molecular formula is C14H14N4O3. The SMILES string of the molecule is Cc1cc(NC(=O)Cc2ccc(N)cn2)ccc1[N+](=O)[O-]. The number of nitrogens with one attached hydrogen (secondary N) is 1. The monoisotopic (exact) mass is 286 g/mol. The largest absolute Gasteiger partial charge is 0.397 e. The number of rotatable bonds is 4. The van der Waals surface area contributed by atoms with Gasteiger partial charge in [-0.05, 0) is 31.2 Å². The summed E-state index contributed by atoms with van der Waals surface area (Å²) in [5, 5.41) is 13.4. The molecule has 2 rings (SSSR count). The molecule has 0 unspecified atom stereocenters. The maximum absolute atomic E-state index is 11.9. The lowest BCUT2D eigenvalue weighted by atomic mass is 10.1. The molecule has 0 saturated carbocycles. The second-order valence-corrected chi connectivity index (χ2v) is 4.57. The summed E-state index contributed by atoms with van der Waals surface area (Å²) >= 11 is 0. The number of benzene rings is 1. The van der Waals surface area contributed by atoms with E-state index >= 15 is 0 Å². The number of carbonyl (C=O) groups is 1. The molecule has 0 aliphatic heterocycles. The van der Waals surface area contributed by atoms with Crippen LogP contribution in [0.1, 0.15) is 11.3 Å². The number of aryl methyl sites for hydroxylation is 1. The highest BCUT2D eigenvalue weighted by Crippen LogP contribution is 2.21. The zero-order chi connectivity index (χ0) is 15.4. The van der Waals surface area contributed by atoms with Crippen LogP contribution in [-0.4, -0.2) is 15.8 Å². The maximum atomic E-state index is 11.9. The van der Waals surface area contributed by atoms with Crippen LogP contribution in [0.15, 0.2) is 36.5 Å². The van der Waals surface area contributed by atoms with Crippen LogP contribution in [0.3, 0.4) is 0 Å². The first kappa shape index (κ1) is 14.4. The van der Waals surface area contributed by atoms with Gasteiger partial charge >= 0.3 is 0 Å². The van der Waals surface area contributed by atoms with Gasteiger partial charge in [0.2, 0.25) is 5.91 Å². The van der Waals surface area contributed by atoms with Crippen molar-refractivity contribution in [3.8, 4) is 0 Å². The molecule has 0 aliphatic rings. The van der Waals surface area contributed by atoms with Gasteiger partial charge in [-0.25, -0.2) is 0 Å². The number of carbonyl (C=O) groups excluding carboxylic acids is 1. The van der Waals surface area contributed by atoms with Gasteiger partial charge in [-0.2, -0.15) is 0 Å². The van der Waals surface area contributed by atoms with E-state index in [4.69, 9.17) is 5.73 Å². The predicted octanol–water partition coefficient (Wildman–Crippen LogP) is 2.06. The van der Waals surface area contributed by atoms with Crippen molar-refractivity contribution in [2.75, 3.05) is 11.1 Å². The van der Waals surface area contributed by atoms with E-state index in [2.05, 4.69) is 10.3 Å². The topological polar surface area (TPSA) is 111 Å². The predicted molar refractivity (Wildman–Crippen MR) is 78.8 cm³/mol. The molecular weight excluding hydrogens is 272 g/mol. The summed E-state index contributed by atoms with van der Waals surface area (Å²) in [6.45, 7) is 1.62. The number of hydrogen-bond acceptors (Lipinski definition) is 5. The summed E-state index contributed by atoms with van der Waals surface area (Å²) in [5.74, 6) is -0.250. The van der Waals surface area contributed by atoms with Gasteiger partial charge in [0.1, 0.15) is 0 Å².